The number of hydrogen-bond acceptors (Lipinski definition) is 10. The number of aromatic nitrogens is 4. The number of ether oxygens (including phenoxy) is 2. The molecular formula is C44H57N9O7. The quantitative estimate of drug-likeness (QED) is 0.0804. The number of carbonyl (C=O) groups excluding carboxylic acids is 5. The smallest absolute Gasteiger partial charge is 0.407 e. The molecule has 1 aliphatic carbocycles. The van der Waals surface area contributed by atoms with Crippen LogP contribution < -0.4 is 26.6 Å². The third-order valence-corrected chi connectivity index (χ3v) is 9.81. The molecule has 0 radical (unpaired) electrons. The topological polar surface area (TPSA) is 218 Å². The van der Waals surface area contributed by atoms with Crippen LogP contribution in [0.1, 0.15) is 88.7 Å². The van der Waals surface area contributed by atoms with Gasteiger partial charge in [0.25, 0.3) is 5.91 Å². The number of aromatic amines is 1. The highest BCUT2D eigenvalue weighted by Crippen LogP contribution is 2.30. The van der Waals surface area contributed by atoms with Crippen LogP contribution in [0.15, 0.2) is 66.7 Å². The summed E-state index contributed by atoms with van der Waals surface area (Å²) in [5.74, 6) is -0.418. The Kier molecular flexibility index (Phi) is 15.0. The maximum atomic E-state index is 13.9. The van der Waals surface area contributed by atoms with Crippen molar-refractivity contribution >= 4 is 35.6 Å². The minimum absolute atomic E-state index is 0.183. The van der Waals surface area contributed by atoms with Crippen LogP contribution in [0.25, 0.3) is 22.5 Å². The summed E-state index contributed by atoms with van der Waals surface area (Å²) in [6.07, 6.45) is 2.04. The van der Waals surface area contributed by atoms with Crippen molar-refractivity contribution < 1.29 is 33.4 Å². The molecule has 0 spiro atoms. The second kappa shape index (κ2) is 20.1. The number of rotatable bonds is 14. The summed E-state index contributed by atoms with van der Waals surface area (Å²) in [4.78, 5) is 64.4. The molecule has 5 rings (SSSR count). The molecule has 6 N–H and O–H groups in total. The normalized spacial score (nSPS) is 15.8. The number of nitrogens with one attached hydrogen (secondary N) is 6. The van der Waals surface area contributed by atoms with Crippen molar-refractivity contribution in [2.24, 2.45) is 11.8 Å². The Bertz CT molecular complexity index is 2080. The number of benzene rings is 3. The van der Waals surface area contributed by atoms with Crippen LogP contribution in [0.5, 0.6) is 0 Å². The molecular weight excluding hydrogens is 767 g/mol. The van der Waals surface area contributed by atoms with Crippen molar-refractivity contribution in [1.82, 2.24) is 41.9 Å². The van der Waals surface area contributed by atoms with E-state index in [0.29, 0.717) is 36.5 Å². The number of nitrogens with zero attached hydrogens (tertiary/aromatic N) is 3. The molecule has 1 atom stereocenters. The molecule has 1 fully saturated rings. The van der Waals surface area contributed by atoms with Crippen LogP contribution in [-0.4, -0.2) is 87.4 Å². The van der Waals surface area contributed by atoms with Crippen molar-refractivity contribution in [1.29, 1.82) is 0 Å². The van der Waals surface area contributed by atoms with Gasteiger partial charge in [0, 0.05) is 48.8 Å². The molecule has 4 aromatic rings. The fourth-order valence-corrected chi connectivity index (χ4v) is 6.83. The Labute approximate surface area is 350 Å². The van der Waals surface area contributed by atoms with Crippen LogP contribution in [0.4, 0.5) is 15.3 Å². The molecule has 3 aromatic carbocycles. The van der Waals surface area contributed by atoms with Gasteiger partial charge in [0.2, 0.25) is 17.6 Å². The van der Waals surface area contributed by atoms with Crippen LogP contribution in [-0.2, 0) is 25.5 Å². The Balaban J connectivity index is 1.21. The van der Waals surface area contributed by atoms with Gasteiger partial charge in [-0.2, -0.15) is 5.21 Å². The third-order valence-electron chi connectivity index (χ3n) is 9.81. The fraction of sp³-hybridized carbons (Fsp3) is 0.455. The van der Waals surface area contributed by atoms with E-state index in [0.717, 1.165) is 40.7 Å². The van der Waals surface area contributed by atoms with Gasteiger partial charge in [-0.1, -0.05) is 30.3 Å². The SMILES string of the molecule is Cc1cc(C(=O)NCCNC(=O)OC(C)(C)C)ccc1-c1ccc(C[C@H](NC(=O)C2CCC(CNC(=O)OC(C)(C)C)CC2)C(=O)Nc2ccc(-c3nn[nH]n3)cc2)cc1. The monoisotopic (exact) mass is 823 g/mol. The molecule has 5 amide bonds. The Morgan fingerprint density at radius 1 is 0.767 bits per heavy atom. The lowest BCUT2D eigenvalue weighted by Gasteiger charge is -2.29. The number of amides is 5. The van der Waals surface area contributed by atoms with E-state index in [1.54, 1.807) is 51.1 Å². The highest BCUT2D eigenvalue weighted by Gasteiger charge is 2.30. The van der Waals surface area contributed by atoms with Crippen molar-refractivity contribution in [2.75, 3.05) is 25.0 Å². The minimum Gasteiger partial charge on any atom is -0.444 e. The molecule has 320 valence electrons. The Hall–Kier alpha value is -6.32. The third kappa shape index (κ3) is 13.9. The van der Waals surface area contributed by atoms with Gasteiger partial charge in [-0.05, 0) is 144 Å². The molecule has 1 aromatic heterocycles. The number of carbonyl (C=O) groups is 5. The number of hydrogen-bond donors (Lipinski definition) is 6. The second-order valence-corrected chi connectivity index (χ2v) is 17.1. The first-order valence-corrected chi connectivity index (χ1v) is 20.3. The highest BCUT2D eigenvalue weighted by atomic mass is 16.6. The molecule has 0 aliphatic heterocycles. The van der Waals surface area contributed by atoms with E-state index in [1.165, 1.54) is 0 Å². The minimum atomic E-state index is -0.870. The van der Waals surface area contributed by atoms with Gasteiger partial charge in [-0.25, -0.2) is 9.59 Å². The largest absolute Gasteiger partial charge is 0.444 e. The summed E-state index contributed by atoms with van der Waals surface area (Å²) in [5, 5.41) is 28.3. The lowest BCUT2D eigenvalue weighted by atomic mass is 9.81. The molecule has 16 nitrogen and oxygen atoms in total. The maximum Gasteiger partial charge on any atom is 0.407 e. The number of alkyl carbamates (subject to hydrolysis) is 2. The number of tetrazole rings is 1. The number of H-pyrrole nitrogens is 1. The Morgan fingerprint density at radius 3 is 1.98 bits per heavy atom. The van der Waals surface area contributed by atoms with Crippen molar-refractivity contribution in [2.45, 2.75) is 97.8 Å². The molecule has 1 heterocycles. The molecule has 1 saturated carbocycles. The average Bonchev–Trinajstić information content (AvgIpc) is 3.73. The van der Waals surface area contributed by atoms with Gasteiger partial charge in [0.05, 0.1) is 0 Å². The van der Waals surface area contributed by atoms with E-state index in [1.807, 2.05) is 64.1 Å². The van der Waals surface area contributed by atoms with E-state index in [-0.39, 0.29) is 49.1 Å². The van der Waals surface area contributed by atoms with E-state index in [2.05, 4.69) is 47.2 Å². The number of anilines is 1. The lowest BCUT2D eigenvalue weighted by Crippen LogP contribution is -2.48. The predicted molar refractivity (Wildman–Crippen MR) is 227 cm³/mol. The first-order valence-electron chi connectivity index (χ1n) is 20.3. The van der Waals surface area contributed by atoms with Crippen molar-refractivity contribution in [3.05, 3.63) is 83.4 Å². The van der Waals surface area contributed by atoms with Gasteiger partial charge in [0.1, 0.15) is 17.2 Å². The van der Waals surface area contributed by atoms with Crippen molar-refractivity contribution in [3.8, 4) is 22.5 Å². The summed E-state index contributed by atoms with van der Waals surface area (Å²) in [6.45, 7) is 13.7. The Morgan fingerprint density at radius 2 is 1.38 bits per heavy atom. The highest BCUT2D eigenvalue weighted by molar-refractivity contribution is 5.98. The second-order valence-electron chi connectivity index (χ2n) is 17.1. The van der Waals surface area contributed by atoms with Gasteiger partial charge in [-0.3, -0.25) is 14.4 Å². The molecule has 0 bridgehead atoms. The predicted octanol–water partition coefficient (Wildman–Crippen LogP) is 6.09. The fourth-order valence-electron chi connectivity index (χ4n) is 6.83. The summed E-state index contributed by atoms with van der Waals surface area (Å²) >= 11 is 0. The molecule has 0 saturated heterocycles. The average molecular weight is 824 g/mol. The summed E-state index contributed by atoms with van der Waals surface area (Å²) in [5.41, 5.74) is 4.18. The number of aryl methyl sites for hydroxylation is 1. The van der Waals surface area contributed by atoms with Crippen LogP contribution in [0.2, 0.25) is 0 Å². The lowest BCUT2D eigenvalue weighted by molar-refractivity contribution is -0.130. The summed E-state index contributed by atoms with van der Waals surface area (Å²) in [7, 11) is 0. The summed E-state index contributed by atoms with van der Waals surface area (Å²) in [6, 6.07) is 19.4. The summed E-state index contributed by atoms with van der Waals surface area (Å²) < 4.78 is 10.6. The van der Waals surface area contributed by atoms with Gasteiger partial charge in [-0.15, -0.1) is 10.2 Å². The van der Waals surface area contributed by atoms with Gasteiger partial charge >= 0.3 is 12.2 Å². The van der Waals surface area contributed by atoms with Crippen LogP contribution >= 0.6 is 0 Å². The van der Waals surface area contributed by atoms with E-state index < -0.39 is 29.4 Å². The first kappa shape index (κ1) is 44.8. The van der Waals surface area contributed by atoms with E-state index >= 15 is 0 Å². The van der Waals surface area contributed by atoms with Gasteiger partial charge < -0.3 is 36.1 Å². The zero-order valence-corrected chi connectivity index (χ0v) is 35.4. The zero-order chi connectivity index (χ0) is 43.5. The standard InChI is InChI=1S/C44H57N9O7/c1-27-24-33(38(54)45-22-23-46-41(57)59-43(2,3)4)18-21-35(27)30-12-8-28(9-13-30)25-36(40(56)48-34-19-16-31(17-20-34)37-50-52-53-51-37)49-39(55)32-14-10-29(11-15-32)26-47-42(58)60-44(5,6)7/h8-9,12-13,16-21,24,29,32,36H,10-11,14-15,22-23,25-26H2,1-7H3,(H,45,54)(H,46,57)(H,47,58)(H,48,56)(H,49,55)(H,50,51,52,53)/t29?,32?,36-/m0/s1. The molecule has 16 heteroatoms. The zero-order valence-electron chi connectivity index (χ0n) is 35.4. The van der Waals surface area contributed by atoms with Crippen LogP contribution in [0, 0.1) is 18.8 Å². The van der Waals surface area contributed by atoms with E-state index in [4.69, 9.17) is 9.47 Å². The molecule has 60 heavy (non-hydrogen) atoms. The maximum absolute atomic E-state index is 13.9. The molecule has 0 unspecified atom stereocenters. The van der Waals surface area contributed by atoms with Crippen molar-refractivity contribution in [3.63, 3.8) is 0 Å². The van der Waals surface area contributed by atoms with E-state index in [9.17, 15) is 24.0 Å². The van der Waals surface area contributed by atoms with Crippen LogP contribution in [0.3, 0.4) is 0 Å². The van der Waals surface area contributed by atoms with Gasteiger partial charge in [0.15, 0.2) is 0 Å². The molecule has 1 aliphatic rings. The first-order chi connectivity index (χ1) is 28.4.